The van der Waals surface area contributed by atoms with Gasteiger partial charge in [0.05, 0.1) is 4.91 Å². The SMILES string of the molecule is CCCCCC1CCN(c2ccc(/C=C3\SC(=S)N(CCCC(=O)O)C3=O)cc2)C1. The van der Waals surface area contributed by atoms with Crippen molar-refractivity contribution >= 4 is 51.9 Å². The molecule has 7 heteroatoms. The van der Waals surface area contributed by atoms with E-state index in [2.05, 4.69) is 36.1 Å². The van der Waals surface area contributed by atoms with Gasteiger partial charge in [-0.1, -0.05) is 62.3 Å². The van der Waals surface area contributed by atoms with E-state index in [0.29, 0.717) is 22.2 Å². The summed E-state index contributed by atoms with van der Waals surface area (Å²) in [6.07, 6.45) is 8.86. The summed E-state index contributed by atoms with van der Waals surface area (Å²) >= 11 is 6.59. The van der Waals surface area contributed by atoms with Gasteiger partial charge >= 0.3 is 5.97 Å². The summed E-state index contributed by atoms with van der Waals surface area (Å²) in [6.45, 7) is 4.85. The van der Waals surface area contributed by atoms with Crippen molar-refractivity contribution in [2.45, 2.75) is 51.9 Å². The van der Waals surface area contributed by atoms with Crippen LogP contribution >= 0.6 is 24.0 Å². The van der Waals surface area contributed by atoms with E-state index in [1.807, 2.05) is 6.08 Å². The molecule has 0 spiro atoms. The minimum atomic E-state index is -0.860. The first-order chi connectivity index (χ1) is 14.5. The second-order valence-corrected chi connectivity index (χ2v) is 9.69. The maximum Gasteiger partial charge on any atom is 0.303 e. The molecule has 1 unspecified atom stereocenters. The number of nitrogens with zero attached hydrogens (tertiary/aromatic N) is 2. The van der Waals surface area contributed by atoms with Crippen LogP contribution in [0.1, 0.15) is 57.4 Å². The first-order valence-corrected chi connectivity index (χ1v) is 12.0. The minimum Gasteiger partial charge on any atom is -0.481 e. The monoisotopic (exact) mass is 446 g/mol. The number of carbonyl (C=O) groups excluding carboxylic acids is 1. The Labute approximate surface area is 188 Å². The molecule has 1 amide bonds. The highest BCUT2D eigenvalue weighted by atomic mass is 32.2. The number of benzene rings is 1. The number of unbranched alkanes of at least 4 members (excludes halogenated alkanes) is 2. The number of aliphatic carboxylic acids is 1. The average molecular weight is 447 g/mol. The zero-order chi connectivity index (χ0) is 21.5. The molecule has 0 radical (unpaired) electrons. The van der Waals surface area contributed by atoms with E-state index in [-0.39, 0.29) is 12.3 Å². The van der Waals surface area contributed by atoms with Gasteiger partial charge in [0.25, 0.3) is 5.91 Å². The number of thiocarbonyl (C=S) groups is 1. The smallest absolute Gasteiger partial charge is 0.303 e. The summed E-state index contributed by atoms with van der Waals surface area (Å²) in [6, 6.07) is 8.37. The highest BCUT2D eigenvalue weighted by Crippen LogP contribution is 2.33. The first-order valence-electron chi connectivity index (χ1n) is 10.8. The summed E-state index contributed by atoms with van der Waals surface area (Å²) in [7, 11) is 0. The molecule has 1 aromatic rings. The van der Waals surface area contributed by atoms with Crippen molar-refractivity contribution < 1.29 is 14.7 Å². The number of hydrogen-bond donors (Lipinski definition) is 1. The number of rotatable bonds is 10. The van der Waals surface area contributed by atoms with Crippen LogP contribution in [0.3, 0.4) is 0 Å². The highest BCUT2D eigenvalue weighted by Gasteiger charge is 2.31. The Kier molecular flexibility index (Phi) is 8.33. The lowest BCUT2D eigenvalue weighted by Gasteiger charge is -2.19. The van der Waals surface area contributed by atoms with Crippen LogP contribution in [-0.2, 0) is 9.59 Å². The van der Waals surface area contributed by atoms with Crippen LogP contribution in [0.15, 0.2) is 29.2 Å². The van der Waals surface area contributed by atoms with Crippen LogP contribution in [0.25, 0.3) is 6.08 Å². The number of amides is 1. The Balaban J connectivity index is 1.56. The molecule has 2 aliphatic rings. The molecular formula is C23H30N2O3S2. The van der Waals surface area contributed by atoms with Gasteiger partial charge in [-0.2, -0.15) is 0 Å². The van der Waals surface area contributed by atoms with E-state index < -0.39 is 5.97 Å². The number of thioether (sulfide) groups is 1. The van der Waals surface area contributed by atoms with Gasteiger partial charge < -0.3 is 10.0 Å². The van der Waals surface area contributed by atoms with E-state index >= 15 is 0 Å². The van der Waals surface area contributed by atoms with Crippen molar-refractivity contribution in [2.75, 3.05) is 24.5 Å². The number of anilines is 1. The van der Waals surface area contributed by atoms with Crippen LogP contribution in [0.5, 0.6) is 0 Å². The molecule has 2 fully saturated rings. The second kappa shape index (κ2) is 11.0. The van der Waals surface area contributed by atoms with Crippen molar-refractivity contribution in [1.82, 2.24) is 4.90 Å². The van der Waals surface area contributed by atoms with Crippen LogP contribution in [0.2, 0.25) is 0 Å². The average Bonchev–Trinajstić information content (AvgIpc) is 3.29. The Bertz CT molecular complexity index is 807. The lowest BCUT2D eigenvalue weighted by molar-refractivity contribution is -0.137. The van der Waals surface area contributed by atoms with E-state index in [9.17, 15) is 9.59 Å². The van der Waals surface area contributed by atoms with E-state index in [0.717, 1.165) is 24.6 Å². The summed E-state index contributed by atoms with van der Waals surface area (Å²) in [5, 5.41) is 8.77. The van der Waals surface area contributed by atoms with E-state index in [1.165, 1.54) is 54.5 Å². The fraction of sp³-hybridized carbons (Fsp3) is 0.522. The van der Waals surface area contributed by atoms with Gasteiger partial charge in [-0.3, -0.25) is 14.5 Å². The first kappa shape index (κ1) is 22.8. The third-order valence-electron chi connectivity index (χ3n) is 5.70. The molecule has 3 rings (SSSR count). The molecule has 2 heterocycles. The molecule has 0 aliphatic carbocycles. The molecule has 30 heavy (non-hydrogen) atoms. The molecule has 1 atom stereocenters. The quantitative estimate of drug-likeness (QED) is 0.304. The van der Waals surface area contributed by atoms with Crippen LogP contribution in [0.4, 0.5) is 5.69 Å². The van der Waals surface area contributed by atoms with Gasteiger partial charge in [0.1, 0.15) is 4.32 Å². The zero-order valence-corrected chi connectivity index (χ0v) is 19.1. The third-order valence-corrected chi connectivity index (χ3v) is 7.08. The van der Waals surface area contributed by atoms with Crippen molar-refractivity contribution in [3.05, 3.63) is 34.7 Å². The molecule has 1 aromatic carbocycles. The Hall–Kier alpha value is -1.86. The molecule has 5 nitrogen and oxygen atoms in total. The zero-order valence-electron chi connectivity index (χ0n) is 17.5. The van der Waals surface area contributed by atoms with Crippen LogP contribution in [-0.4, -0.2) is 45.8 Å². The Morgan fingerprint density at radius 3 is 2.73 bits per heavy atom. The number of hydrogen-bond acceptors (Lipinski definition) is 5. The minimum absolute atomic E-state index is 0.0352. The molecule has 0 saturated carbocycles. The van der Waals surface area contributed by atoms with Crippen molar-refractivity contribution in [2.24, 2.45) is 5.92 Å². The van der Waals surface area contributed by atoms with E-state index in [1.54, 1.807) is 0 Å². The van der Waals surface area contributed by atoms with Gasteiger partial charge in [-0.25, -0.2) is 0 Å². The van der Waals surface area contributed by atoms with Gasteiger partial charge in [-0.05, 0) is 49.0 Å². The largest absolute Gasteiger partial charge is 0.481 e. The Morgan fingerprint density at radius 2 is 2.03 bits per heavy atom. The molecule has 0 bridgehead atoms. The number of carbonyl (C=O) groups is 2. The van der Waals surface area contributed by atoms with Gasteiger partial charge in [0.2, 0.25) is 0 Å². The van der Waals surface area contributed by atoms with Crippen LogP contribution < -0.4 is 4.90 Å². The highest BCUT2D eigenvalue weighted by molar-refractivity contribution is 8.26. The van der Waals surface area contributed by atoms with Crippen molar-refractivity contribution in [3.63, 3.8) is 0 Å². The fourth-order valence-electron chi connectivity index (χ4n) is 4.00. The molecule has 2 saturated heterocycles. The predicted octanol–water partition coefficient (Wildman–Crippen LogP) is 5.16. The lowest BCUT2D eigenvalue weighted by Crippen LogP contribution is -2.29. The van der Waals surface area contributed by atoms with Gasteiger partial charge in [-0.15, -0.1) is 0 Å². The summed E-state index contributed by atoms with van der Waals surface area (Å²) in [5.74, 6) is -0.186. The van der Waals surface area contributed by atoms with Crippen LogP contribution in [0, 0.1) is 5.92 Å². The summed E-state index contributed by atoms with van der Waals surface area (Å²) in [4.78, 5) is 27.9. The topological polar surface area (TPSA) is 60.9 Å². The second-order valence-electron chi connectivity index (χ2n) is 8.02. The Morgan fingerprint density at radius 1 is 1.27 bits per heavy atom. The molecule has 2 aliphatic heterocycles. The van der Waals surface area contributed by atoms with E-state index in [4.69, 9.17) is 17.3 Å². The molecule has 1 N–H and O–H groups in total. The van der Waals surface area contributed by atoms with Crippen molar-refractivity contribution in [3.8, 4) is 0 Å². The van der Waals surface area contributed by atoms with Crippen molar-refractivity contribution in [1.29, 1.82) is 0 Å². The molecule has 0 aromatic heterocycles. The third kappa shape index (κ3) is 6.08. The molecule has 162 valence electrons. The summed E-state index contributed by atoms with van der Waals surface area (Å²) in [5.41, 5.74) is 2.22. The maximum atomic E-state index is 12.6. The standard InChI is InChI=1S/C23H30N2O3S2/c1-2-3-4-6-18-12-14-24(16-18)19-10-8-17(9-11-19)15-20-22(28)25(23(29)30-20)13-5-7-21(26)27/h8-11,15,18H,2-7,12-14,16H2,1H3,(H,26,27)/b20-15-. The molecular weight excluding hydrogens is 416 g/mol. The normalized spacial score (nSPS) is 20.6. The number of carboxylic acids is 1. The summed E-state index contributed by atoms with van der Waals surface area (Å²) < 4.78 is 0.499. The fourth-order valence-corrected chi connectivity index (χ4v) is 5.31. The lowest BCUT2D eigenvalue weighted by atomic mass is 10.0. The number of carboxylic acid groups (broad SMARTS) is 1. The predicted molar refractivity (Wildman–Crippen MR) is 128 cm³/mol. The maximum absolute atomic E-state index is 12.6. The van der Waals surface area contributed by atoms with Gasteiger partial charge in [0.15, 0.2) is 0 Å². The van der Waals surface area contributed by atoms with Gasteiger partial charge in [0, 0.05) is 31.7 Å².